The summed E-state index contributed by atoms with van der Waals surface area (Å²) in [5.41, 5.74) is 5.95. The summed E-state index contributed by atoms with van der Waals surface area (Å²) < 4.78 is 0. The first-order valence-electron chi connectivity index (χ1n) is 4.85. The van der Waals surface area contributed by atoms with E-state index in [1.807, 2.05) is 0 Å². The van der Waals surface area contributed by atoms with Crippen LogP contribution in [-0.4, -0.2) is 6.04 Å². The van der Waals surface area contributed by atoms with Crippen molar-refractivity contribution in [3.63, 3.8) is 0 Å². The van der Waals surface area contributed by atoms with Crippen molar-refractivity contribution >= 4 is 0 Å². The second kappa shape index (κ2) is 3.57. The molecule has 0 aliphatic heterocycles. The van der Waals surface area contributed by atoms with E-state index in [-0.39, 0.29) is 0 Å². The zero-order valence-corrected chi connectivity index (χ0v) is 8.01. The zero-order valence-electron chi connectivity index (χ0n) is 8.01. The minimum absolute atomic E-state index is 0.478. The van der Waals surface area contributed by atoms with Crippen LogP contribution >= 0.6 is 0 Å². The van der Waals surface area contributed by atoms with Gasteiger partial charge in [0.1, 0.15) is 0 Å². The van der Waals surface area contributed by atoms with Crippen molar-refractivity contribution in [2.24, 2.45) is 23.5 Å². The van der Waals surface area contributed by atoms with Gasteiger partial charge in [-0.2, -0.15) is 0 Å². The SMILES string of the molecule is CC1C[C@@H](N)C[C@@H](C(C)C)C1. The summed E-state index contributed by atoms with van der Waals surface area (Å²) in [6.07, 6.45) is 3.89. The molecule has 1 nitrogen and oxygen atoms in total. The van der Waals surface area contributed by atoms with E-state index >= 15 is 0 Å². The van der Waals surface area contributed by atoms with Crippen LogP contribution in [0.5, 0.6) is 0 Å². The van der Waals surface area contributed by atoms with Crippen molar-refractivity contribution in [3.8, 4) is 0 Å². The van der Waals surface area contributed by atoms with Gasteiger partial charge in [-0.1, -0.05) is 20.8 Å². The van der Waals surface area contributed by atoms with E-state index < -0.39 is 0 Å². The Labute approximate surface area is 70.4 Å². The monoisotopic (exact) mass is 155 g/mol. The summed E-state index contributed by atoms with van der Waals surface area (Å²) in [7, 11) is 0. The number of nitrogens with two attached hydrogens (primary N) is 1. The summed E-state index contributed by atoms with van der Waals surface area (Å²) in [5, 5.41) is 0. The fourth-order valence-electron chi connectivity index (χ4n) is 2.26. The molecule has 1 aliphatic rings. The first-order valence-corrected chi connectivity index (χ1v) is 4.85. The Kier molecular flexibility index (Phi) is 2.94. The van der Waals surface area contributed by atoms with Gasteiger partial charge in [-0.25, -0.2) is 0 Å². The molecule has 0 spiro atoms. The summed E-state index contributed by atoms with van der Waals surface area (Å²) in [6.45, 7) is 6.96. The minimum Gasteiger partial charge on any atom is -0.328 e. The van der Waals surface area contributed by atoms with E-state index in [1.165, 1.54) is 19.3 Å². The maximum absolute atomic E-state index is 5.95. The van der Waals surface area contributed by atoms with Crippen LogP contribution in [0.25, 0.3) is 0 Å². The third-order valence-electron chi connectivity index (χ3n) is 2.96. The molecule has 1 aliphatic carbocycles. The van der Waals surface area contributed by atoms with Crippen molar-refractivity contribution in [1.82, 2.24) is 0 Å². The van der Waals surface area contributed by atoms with Gasteiger partial charge in [0, 0.05) is 6.04 Å². The van der Waals surface area contributed by atoms with Crippen molar-refractivity contribution in [2.75, 3.05) is 0 Å². The third kappa shape index (κ3) is 2.48. The van der Waals surface area contributed by atoms with Crippen LogP contribution < -0.4 is 5.73 Å². The van der Waals surface area contributed by atoms with Gasteiger partial charge >= 0.3 is 0 Å². The smallest absolute Gasteiger partial charge is 0.00441 e. The molecule has 3 atom stereocenters. The molecule has 0 aromatic heterocycles. The predicted molar refractivity (Wildman–Crippen MR) is 49.3 cm³/mol. The molecule has 1 unspecified atom stereocenters. The molecule has 0 aromatic rings. The lowest BCUT2D eigenvalue weighted by molar-refractivity contribution is 0.204. The lowest BCUT2D eigenvalue weighted by atomic mass is 9.75. The van der Waals surface area contributed by atoms with Gasteiger partial charge in [0.15, 0.2) is 0 Å². The molecule has 66 valence electrons. The molecule has 1 fully saturated rings. The average molecular weight is 155 g/mol. The first kappa shape index (κ1) is 9.05. The van der Waals surface area contributed by atoms with Crippen molar-refractivity contribution in [1.29, 1.82) is 0 Å². The average Bonchev–Trinajstić information content (AvgIpc) is 1.85. The number of hydrogen-bond acceptors (Lipinski definition) is 1. The molecule has 0 bridgehead atoms. The lowest BCUT2D eigenvalue weighted by Crippen LogP contribution is -2.33. The van der Waals surface area contributed by atoms with Crippen LogP contribution in [0.3, 0.4) is 0 Å². The summed E-state index contributed by atoms with van der Waals surface area (Å²) in [4.78, 5) is 0. The van der Waals surface area contributed by atoms with E-state index in [1.54, 1.807) is 0 Å². The van der Waals surface area contributed by atoms with Crippen LogP contribution in [0.2, 0.25) is 0 Å². The number of rotatable bonds is 1. The molecule has 1 heteroatoms. The number of hydrogen-bond donors (Lipinski definition) is 1. The molecule has 1 rings (SSSR count). The largest absolute Gasteiger partial charge is 0.328 e. The molecule has 11 heavy (non-hydrogen) atoms. The Balaban J connectivity index is 2.43. The fourth-order valence-corrected chi connectivity index (χ4v) is 2.26. The van der Waals surface area contributed by atoms with E-state index in [9.17, 15) is 0 Å². The maximum atomic E-state index is 5.95. The topological polar surface area (TPSA) is 26.0 Å². The van der Waals surface area contributed by atoms with E-state index in [2.05, 4.69) is 20.8 Å². The summed E-state index contributed by atoms with van der Waals surface area (Å²) >= 11 is 0. The Morgan fingerprint density at radius 1 is 1.18 bits per heavy atom. The van der Waals surface area contributed by atoms with Gasteiger partial charge in [-0.15, -0.1) is 0 Å². The molecule has 0 aromatic carbocycles. The normalized spacial score (nSPS) is 39.5. The molecule has 0 saturated heterocycles. The Bertz CT molecular complexity index is 110. The molecular weight excluding hydrogens is 134 g/mol. The second-order valence-electron chi connectivity index (χ2n) is 4.58. The van der Waals surface area contributed by atoms with Crippen LogP contribution in [0.4, 0.5) is 0 Å². The molecule has 1 saturated carbocycles. The standard InChI is InChI=1S/C10H21N/c1-7(2)9-4-8(3)5-10(11)6-9/h7-10H,4-6,11H2,1-3H3/t8?,9-,10+/m0/s1. The van der Waals surface area contributed by atoms with Crippen LogP contribution in [-0.2, 0) is 0 Å². The second-order valence-corrected chi connectivity index (χ2v) is 4.58. The predicted octanol–water partition coefficient (Wildman–Crippen LogP) is 2.41. The highest BCUT2D eigenvalue weighted by Gasteiger charge is 2.25. The van der Waals surface area contributed by atoms with Crippen LogP contribution in [0, 0.1) is 17.8 Å². The van der Waals surface area contributed by atoms with Crippen molar-refractivity contribution in [3.05, 3.63) is 0 Å². The van der Waals surface area contributed by atoms with Gasteiger partial charge in [0.25, 0.3) is 0 Å². The molecule has 0 heterocycles. The van der Waals surface area contributed by atoms with Gasteiger partial charge in [0.2, 0.25) is 0 Å². The molecular formula is C10H21N. The minimum atomic E-state index is 0.478. The van der Waals surface area contributed by atoms with E-state index in [0.29, 0.717) is 6.04 Å². The van der Waals surface area contributed by atoms with Gasteiger partial charge in [-0.3, -0.25) is 0 Å². The van der Waals surface area contributed by atoms with Crippen LogP contribution in [0.15, 0.2) is 0 Å². The van der Waals surface area contributed by atoms with Gasteiger partial charge in [0.05, 0.1) is 0 Å². The molecule has 2 N–H and O–H groups in total. The Morgan fingerprint density at radius 2 is 1.82 bits per heavy atom. The first-order chi connectivity index (χ1) is 5.09. The van der Waals surface area contributed by atoms with E-state index in [0.717, 1.165) is 17.8 Å². The van der Waals surface area contributed by atoms with Crippen LogP contribution in [0.1, 0.15) is 40.0 Å². The third-order valence-corrected chi connectivity index (χ3v) is 2.96. The van der Waals surface area contributed by atoms with Crippen molar-refractivity contribution < 1.29 is 0 Å². The highest BCUT2D eigenvalue weighted by molar-refractivity contribution is 4.80. The molecule has 0 radical (unpaired) electrons. The Hall–Kier alpha value is -0.0400. The fraction of sp³-hybridized carbons (Fsp3) is 1.00. The Morgan fingerprint density at radius 3 is 2.27 bits per heavy atom. The zero-order chi connectivity index (χ0) is 8.43. The van der Waals surface area contributed by atoms with Gasteiger partial charge < -0.3 is 5.73 Å². The quantitative estimate of drug-likeness (QED) is 0.618. The summed E-state index contributed by atoms with van der Waals surface area (Å²) in [5.74, 6) is 2.56. The lowest BCUT2D eigenvalue weighted by Gasteiger charge is -2.33. The maximum Gasteiger partial charge on any atom is 0.00441 e. The van der Waals surface area contributed by atoms with Gasteiger partial charge in [-0.05, 0) is 37.0 Å². The van der Waals surface area contributed by atoms with E-state index in [4.69, 9.17) is 5.73 Å². The highest BCUT2D eigenvalue weighted by Crippen LogP contribution is 2.32. The summed E-state index contributed by atoms with van der Waals surface area (Å²) in [6, 6.07) is 0.478. The molecule has 0 amide bonds. The highest BCUT2D eigenvalue weighted by atomic mass is 14.6. The van der Waals surface area contributed by atoms with Crippen molar-refractivity contribution in [2.45, 2.75) is 46.1 Å².